The van der Waals surface area contributed by atoms with Crippen molar-refractivity contribution >= 4 is 0 Å². The topological polar surface area (TPSA) is 36.9 Å². The van der Waals surface area contributed by atoms with Gasteiger partial charge in [-0.25, -0.2) is 0 Å². The van der Waals surface area contributed by atoms with Crippen LogP contribution in [0.25, 0.3) is 0 Å². The lowest BCUT2D eigenvalue weighted by atomic mass is 10.0. The fourth-order valence-corrected chi connectivity index (χ4v) is 3.16. The molecule has 2 rings (SSSR count). The van der Waals surface area contributed by atoms with E-state index in [0.29, 0.717) is 6.79 Å². The van der Waals surface area contributed by atoms with Crippen molar-refractivity contribution in [1.82, 2.24) is 0 Å². The van der Waals surface area contributed by atoms with Crippen LogP contribution in [0.1, 0.15) is 63.4 Å². The van der Waals surface area contributed by atoms with Gasteiger partial charge in [-0.05, 0) is 50.2 Å². The van der Waals surface area contributed by atoms with Crippen LogP contribution < -0.4 is 4.74 Å². The molecule has 1 aliphatic rings. The number of methoxy groups -OCH3 is 1. The molecule has 1 atom stereocenters. The first-order valence-electron chi connectivity index (χ1n) is 9.83. The number of hydrogen-bond acceptors (Lipinski definition) is 4. The predicted octanol–water partition coefficient (Wildman–Crippen LogP) is 5.10. The van der Waals surface area contributed by atoms with E-state index in [4.69, 9.17) is 18.9 Å². The fourth-order valence-electron chi connectivity index (χ4n) is 3.16. The van der Waals surface area contributed by atoms with E-state index in [9.17, 15) is 0 Å². The number of rotatable bonds is 13. The molecule has 4 heteroatoms. The van der Waals surface area contributed by atoms with E-state index < -0.39 is 0 Å². The van der Waals surface area contributed by atoms with Gasteiger partial charge in [0, 0.05) is 20.3 Å². The molecule has 0 aliphatic carbocycles. The minimum absolute atomic E-state index is 0.0640. The summed E-state index contributed by atoms with van der Waals surface area (Å²) in [6.45, 7) is 2.02. The van der Waals surface area contributed by atoms with Crippen LogP contribution in [0.4, 0.5) is 0 Å². The van der Waals surface area contributed by atoms with Gasteiger partial charge in [-0.15, -0.1) is 0 Å². The predicted molar refractivity (Wildman–Crippen MR) is 99.9 cm³/mol. The summed E-state index contributed by atoms with van der Waals surface area (Å²) < 4.78 is 21.9. The summed E-state index contributed by atoms with van der Waals surface area (Å²) in [6, 6.07) is 8.25. The number of para-hydroxylation sites is 1. The molecule has 0 bridgehead atoms. The first-order valence-corrected chi connectivity index (χ1v) is 9.83. The lowest BCUT2D eigenvalue weighted by molar-refractivity contribution is -0.162. The minimum atomic E-state index is 0.0640. The monoisotopic (exact) mass is 350 g/mol. The van der Waals surface area contributed by atoms with Crippen molar-refractivity contribution in [3.8, 4) is 5.75 Å². The number of unbranched alkanes of at least 4 members (excludes halogenated alkanes) is 5. The van der Waals surface area contributed by atoms with Crippen molar-refractivity contribution < 1.29 is 18.9 Å². The Morgan fingerprint density at radius 1 is 1.00 bits per heavy atom. The Hall–Kier alpha value is -1.10. The van der Waals surface area contributed by atoms with Crippen LogP contribution >= 0.6 is 0 Å². The zero-order valence-electron chi connectivity index (χ0n) is 15.7. The molecule has 1 saturated heterocycles. The lowest BCUT2D eigenvalue weighted by Gasteiger charge is -2.22. The van der Waals surface area contributed by atoms with E-state index in [0.717, 1.165) is 38.2 Å². The van der Waals surface area contributed by atoms with Gasteiger partial charge in [0.25, 0.3) is 0 Å². The molecular weight excluding hydrogens is 316 g/mol. The summed E-state index contributed by atoms with van der Waals surface area (Å²) in [4.78, 5) is 0. The van der Waals surface area contributed by atoms with Gasteiger partial charge in [0.1, 0.15) is 5.75 Å². The standard InChI is InChI=1S/C21H34O4/c1-22-18-25-20-14-8-7-13-19(20)12-6-4-2-3-5-10-16-23-21-15-9-11-17-24-21/h7-8,13-14,21H,2-6,9-12,15-18H2,1H3. The summed E-state index contributed by atoms with van der Waals surface area (Å²) in [6.07, 6.45) is 12.1. The smallest absolute Gasteiger partial charge is 0.188 e. The van der Waals surface area contributed by atoms with Crippen molar-refractivity contribution in [3.05, 3.63) is 29.8 Å². The van der Waals surface area contributed by atoms with Crippen LogP contribution in [-0.2, 0) is 20.6 Å². The van der Waals surface area contributed by atoms with Crippen molar-refractivity contribution in [1.29, 1.82) is 0 Å². The molecule has 1 fully saturated rings. The highest BCUT2D eigenvalue weighted by Gasteiger charge is 2.13. The van der Waals surface area contributed by atoms with Gasteiger partial charge < -0.3 is 18.9 Å². The Labute approximate surface area is 152 Å². The molecule has 142 valence electrons. The van der Waals surface area contributed by atoms with Crippen molar-refractivity contribution in [3.63, 3.8) is 0 Å². The van der Waals surface area contributed by atoms with Gasteiger partial charge in [-0.1, -0.05) is 43.9 Å². The minimum Gasteiger partial charge on any atom is -0.467 e. The zero-order chi connectivity index (χ0) is 17.6. The number of aryl methyl sites for hydroxylation is 1. The third-order valence-corrected chi connectivity index (χ3v) is 4.59. The quantitative estimate of drug-likeness (QED) is 0.366. The van der Waals surface area contributed by atoms with E-state index in [2.05, 4.69) is 12.1 Å². The number of benzene rings is 1. The Kier molecular flexibility index (Phi) is 10.6. The van der Waals surface area contributed by atoms with Crippen molar-refractivity contribution in [2.45, 2.75) is 70.5 Å². The highest BCUT2D eigenvalue weighted by atomic mass is 16.7. The maximum absolute atomic E-state index is 5.77. The van der Waals surface area contributed by atoms with Crippen molar-refractivity contribution in [2.75, 3.05) is 27.1 Å². The van der Waals surface area contributed by atoms with E-state index in [1.165, 1.54) is 50.5 Å². The molecule has 1 aromatic carbocycles. The van der Waals surface area contributed by atoms with Gasteiger partial charge in [0.05, 0.1) is 0 Å². The Bertz CT molecular complexity index is 443. The lowest BCUT2D eigenvalue weighted by Crippen LogP contribution is -2.22. The molecule has 0 spiro atoms. The Morgan fingerprint density at radius 2 is 1.80 bits per heavy atom. The molecule has 1 aliphatic heterocycles. The van der Waals surface area contributed by atoms with E-state index in [1.54, 1.807) is 7.11 Å². The van der Waals surface area contributed by atoms with E-state index >= 15 is 0 Å². The largest absolute Gasteiger partial charge is 0.467 e. The molecule has 4 nitrogen and oxygen atoms in total. The zero-order valence-corrected chi connectivity index (χ0v) is 15.7. The second kappa shape index (κ2) is 13.2. The fraction of sp³-hybridized carbons (Fsp3) is 0.714. The van der Waals surface area contributed by atoms with Crippen LogP contribution in [0.15, 0.2) is 24.3 Å². The van der Waals surface area contributed by atoms with Gasteiger partial charge in [-0.3, -0.25) is 0 Å². The maximum Gasteiger partial charge on any atom is 0.188 e. The van der Waals surface area contributed by atoms with Gasteiger partial charge >= 0.3 is 0 Å². The van der Waals surface area contributed by atoms with Crippen LogP contribution in [0, 0.1) is 0 Å². The van der Waals surface area contributed by atoms with Gasteiger partial charge in [0.2, 0.25) is 0 Å². The SMILES string of the molecule is COCOc1ccccc1CCCCCCCCOC1CCCCO1. The molecule has 1 aromatic rings. The van der Waals surface area contributed by atoms with Crippen LogP contribution in [0.5, 0.6) is 5.75 Å². The molecule has 0 saturated carbocycles. The number of hydrogen-bond donors (Lipinski definition) is 0. The van der Waals surface area contributed by atoms with Gasteiger partial charge in [0.15, 0.2) is 13.1 Å². The summed E-state index contributed by atoms with van der Waals surface area (Å²) in [5.74, 6) is 0.950. The van der Waals surface area contributed by atoms with E-state index in [-0.39, 0.29) is 6.29 Å². The summed E-state index contributed by atoms with van der Waals surface area (Å²) >= 11 is 0. The second-order valence-electron chi connectivity index (χ2n) is 6.70. The Balaban J connectivity index is 1.45. The molecular formula is C21H34O4. The molecule has 25 heavy (non-hydrogen) atoms. The highest BCUT2D eigenvalue weighted by molar-refractivity contribution is 5.33. The van der Waals surface area contributed by atoms with E-state index in [1.807, 2.05) is 12.1 Å². The molecule has 1 heterocycles. The van der Waals surface area contributed by atoms with Crippen LogP contribution in [0.3, 0.4) is 0 Å². The second-order valence-corrected chi connectivity index (χ2v) is 6.70. The Morgan fingerprint density at radius 3 is 2.60 bits per heavy atom. The summed E-state index contributed by atoms with van der Waals surface area (Å²) in [5, 5.41) is 0. The normalized spacial score (nSPS) is 17.6. The first-order chi connectivity index (χ1) is 12.4. The average Bonchev–Trinajstić information content (AvgIpc) is 2.66. The van der Waals surface area contributed by atoms with Crippen LogP contribution in [-0.4, -0.2) is 33.4 Å². The molecule has 0 N–H and O–H groups in total. The molecule has 0 aromatic heterocycles. The van der Waals surface area contributed by atoms with Crippen molar-refractivity contribution in [2.24, 2.45) is 0 Å². The van der Waals surface area contributed by atoms with Crippen LogP contribution in [0.2, 0.25) is 0 Å². The molecule has 0 radical (unpaired) electrons. The third kappa shape index (κ3) is 8.70. The average molecular weight is 350 g/mol. The highest BCUT2D eigenvalue weighted by Crippen LogP contribution is 2.21. The third-order valence-electron chi connectivity index (χ3n) is 4.59. The summed E-state index contributed by atoms with van der Waals surface area (Å²) in [5.41, 5.74) is 1.28. The first kappa shape index (κ1) is 20.2. The maximum atomic E-state index is 5.77. The van der Waals surface area contributed by atoms with Gasteiger partial charge in [-0.2, -0.15) is 0 Å². The summed E-state index contributed by atoms with van der Waals surface area (Å²) in [7, 11) is 1.65. The molecule has 0 amide bonds. The molecule has 1 unspecified atom stereocenters. The number of ether oxygens (including phenoxy) is 4.